The molecule has 200 valence electrons. The molecule has 0 spiro atoms. The Bertz CT molecular complexity index is 891. The average molecular weight is 507 g/mol. The Labute approximate surface area is 211 Å². The highest BCUT2D eigenvalue weighted by Crippen LogP contribution is 2.10. The molecule has 0 aromatic heterocycles. The first-order valence-corrected chi connectivity index (χ1v) is 11.6. The van der Waals surface area contributed by atoms with Gasteiger partial charge in [0.25, 0.3) is 0 Å². The number of alkyl carbamates (subject to hydrolysis) is 1. The molecule has 8 N–H and O–H groups in total. The lowest BCUT2D eigenvalue weighted by molar-refractivity contribution is -0.127. The van der Waals surface area contributed by atoms with Crippen LogP contribution in [-0.2, 0) is 19.1 Å². The van der Waals surface area contributed by atoms with E-state index in [1.54, 1.807) is 39.0 Å². The quantitative estimate of drug-likeness (QED) is 0.0914. The summed E-state index contributed by atoms with van der Waals surface area (Å²) < 4.78 is 10.5. The minimum Gasteiger partial charge on any atom is -0.508 e. The van der Waals surface area contributed by atoms with Crippen molar-refractivity contribution < 1.29 is 29.0 Å². The van der Waals surface area contributed by atoms with Gasteiger partial charge in [0.05, 0.1) is 13.2 Å². The fourth-order valence-electron chi connectivity index (χ4n) is 2.76. The number of ether oxygens (including phenoxy) is 2. The summed E-state index contributed by atoms with van der Waals surface area (Å²) in [4.78, 5) is 40.5. The highest BCUT2D eigenvalue weighted by Gasteiger charge is 2.19. The van der Waals surface area contributed by atoms with Crippen molar-refractivity contribution in [1.29, 1.82) is 0 Å². The highest BCUT2D eigenvalue weighted by molar-refractivity contribution is 5.95. The van der Waals surface area contributed by atoms with E-state index in [0.29, 0.717) is 19.4 Å². The van der Waals surface area contributed by atoms with Gasteiger partial charge in [0, 0.05) is 25.7 Å². The molecule has 1 aromatic rings. The number of aliphatic imine (C=N–C) groups is 1. The summed E-state index contributed by atoms with van der Waals surface area (Å²) in [6.07, 6.45) is 3.15. The SMILES string of the molecule is CC(C)(C)OC(=O)NCCOCCNC(=O)[C@H](CCCN=C(N)N)NC(=O)/C=C\c1ccc(O)cc1. The molecule has 1 rings (SSSR count). The lowest BCUT2D eigenvalue weighted by Gasteiger charge is -2.19. The van der Waals surface area contributed by atoms with E-state index in [9.17, 15) is 19.5 Å². The van der Waals surface area contributed by atoms with Crippen molar-refractivity contribution in [3.8, 4) is 5.75 Å². The molecule has 0 bridgehead atoms. The molecule has 0 aliphatic heterocycles. The largest absolute Gasteiger partial charge is 0.508 e. The van der Waals surface area contributed by atoms with Gasteiger partial charge in [0.1, 0.15) is 17.4 Å². The Morgan fingerprint density at radius 3 is 2.33 bits per heavy atom. The van der Waals surface area contributed by atoms with Crippen LogP contribution in [0.15, 0.2) is 35.3 Å². The first-order valence-electron chi connectivity index (χ1n) is 11.6. The number of carbonyl (C=O) groups is 3. The molecule has 0 unspecified atom stereocenters. The number of rotatable bonds is 14. The third-order valence-electron chi connectivity index (χ3n) is 4.36. The molecule has 0 heterocycles. The van der Waals surface area contributed by atoms with E-state index >= 15 is 0 Å². The number of benzene rings is 1. The molecule has 1 aromatic carbocycles. The third kappa shape index (κ3) is 15.2. The summed E-state index contributed by atoms with van der Waals surface area (Å²) in [6, 6.07) is 5.52. The van der Waals surface area contributed by atoms with Gasteiger partial charge < -0.3 is 42.0 Å². The van der Waals surface area contributed by atoms with Gasteiger partial charge in [0.15, 0.2) is 5.96 Å². The lowest BCUT2D eigenvalue weighted by atomic mass is 10.1. The van der Waals surface area contributed by atoms with Gasteiger partial charge >= 0.3 is 6.09 Å². The van der Waals surface area contributed by atoms with E-state index in [1.807, 2.05) is 0 Å². The van der Waals surface area contributed by atoms with Gasteiger partial charge in [-0.15, -0.1) is 0 Å². The first-order chi connectivity index (χ1) is 17.0. The van der Waals surface area contributed by atoms with Crippen LogP contribution in [0.2, 0.25) is 0 Å². The summed E-state index contributed by atoms with van der Waals surface area (Å²) >= 11 is 0. The van der Waals surface area contributed by atoms with Crippen LogP contribution < -0.4 is 27.4 Å². The molecule has 1 atom stereocenters. The summed E-state index contributed by atoms with van der Waals surface area (Å²) in [7, 11) is 0. The van der Waals surface area contributed by atoms with E-state index in [4.69, 9.17) is 20.9 Å². The molecule has 12 heteroatoms. The van der Waals surface area contributed by atoms with Gasteiger partial charge in [0.2, 0.25) is 11.8 Å². The number of phenols is 1. The zero-order valence-electron chi connectivity index (χ0n) is 21.1. The van der Waals surface area contributed by atoms with Crippen molar-refractivity contribution in [2.45, 2.75) is 45.3 Å². The molecule has 0 aliphatic carbocycles. The molecule has 3 amide bonds. The van der Waals surface area contributed by atoms with Crippen molar-refractivity contribution in [3.05, 3.63) is 35.9 Å². The van der Waals surface area contributed by atoms with Crippen LogP contribution in [-0.4, -0.2) is 73.5 Å². The Hall–Kier alpha value is -3.80. The second kappa shape index (κ2) is 16.0. The molecule has 12 nitrogen and oxygen atoms in total. The molecule has 0 saturated heterocycles. The van der Waals surface area contributed by atoms with Gasteiger partial charge in [-0.1, -0.05) is 12.1 Å². The highest BCUT2D eigenvalue weighted by atomic mass is 16.6. The zero-order valence-corrected chi connectivity index (χ0v) is 21.1. The number of nitrogens with one attached hydrogen (secondary N) is 3. The van der Waals surface area contributed by atoms with Gasteiger partial charge in [-0.25, -0.2) is 4.79 Å². The van der Waals surface area contributed by atoms with E-state index in [0.717, 1.165) is 5.56 Å². The zero-order chi connectivity index (χ0) is 27.0. The molecule has 36 heavy (non-hydrogen) atoms. The fourth-order valence-corrected chi connectivity index (χ4v) is 2.76. The molecular weight excluding hydrogens is 468 g/mol. The maximum absolute atomic E-state index is 12.6. The number of aromatic hydroxyl groups is 1. The second-order valence-electron chi connectivity index (χ2n) is 8.77. The second-order valence-corrected chi connectivity index (χ2v) is 8.77. The molecule has 0 aliphatic rings. The van der Waals surface area contributed by atoms with Gasteiger partial charge in [-0.05, 0) is 57.4 Å². The smallest absolute Gasteiger partial charge is 0.407 e. The summed E-state index contributed by atoms with van der Waals surface area (Å²) in [5.74, 6) is -0.747. The Kier molecular flexibility index (Phi) is 13.4. The average Bonchev–Trinajstić information content (AvgIpc) is 2.78. The number of carbonyl (C=O) groups excluding carboxylic acids is 3. The topological polar surface area (TPSA) is 190 Å². The van der Waals surface area contributed by atoms with Crippen LogP contribution in [0.3, 0.4) is 0 Å². The van der Waals surface area contributed by atoms with Gasteiger partial charge in [-0.2, -0.15) is 0 Å². The first kappa shape index (κ1) is 30.2. The standard InChI is InChI=1S/C24H38N6O6/c1-24(2,3)36-23(34)29-14-16-35-15-13-27-21(33)19(5-4-12-28-22(25)26)30-20(32)11-8-17-6-9-18(31)10-7-17/h6-11,19,31H,4-5,12-16H2,1-3H3,(H,27,33)(H,29,34)(H,30,32)(H4,25,26,28)/b11-8-/t19-/m0/s1. The van der Waals surface area contributed by atoms with Crippen molar-refractivity contribution >= 4 is 29.9 Å². The van der Waals surface area contributed by atoms with E-state index in [2.05, 4.69) is 20.9 Å². The van der Waals surface area contributed by atoms with Crippen LogP contribution >= 0.6 is 0 Å². The number of guanidine groups is 1. The number of nitrogens with two attached hydrogens (primary N) is 2. The van der Waals surface area contributed by atoms with E-state index in [1.165, 1.54) is 18.2 Å². The van der Waals surface area contributed by atoms with Crippen molar-refractivity contribution in [2.24, 2.45) is 16.5 Å². The fraction of sp³-hybridized carbons (Fsp3) is 0.500. The Morgan fingerprint density at radius 1 is 1.08 bits per heavy atom. The van der Waals surface area contributed by atoms with Crippen LogP contribution in [0.25, 0.3) is 6.08 Å². The number of phenolic OH excluding ortho intramolecular Hbond substituents is 1. The maximum Gasteiger partial charge on any atom is 0.407 e. The number of hydrogen-bond donors (Lipinski definition) is 6. The summed E-state index contributed by atoms with van der Waals surface area (Å²) in [5.41, 5.74) is 10.8. The predicted octanol–water partition coefficient (Wildman–Crippen LogP) is 0.601. The monoisotopic (exact) mass is 506 g/mol. The summed E-state index contributed by atoms with van der Waals surface area (Å²) in [5, 5.41) is 17.3. The van der Waals surface area contributed by atoms with Crippen LogP contribution in [0.4, 0.5) is 4.79 Å². The maximum atomic E-state index is 12.6. The van der Waals surface area contributed by atoms with Crippen molar-refractivity contribution in [1.82, 2.24) is 16.0 Å². The number of amides is 3. The minimum atomic E-state index is -0.801. The van der Waals surface area contributed by atoms with E-state index in [-0.39, 0.29) is 43.9 Å². The molecule has 0 fully saturated rings. The van der Waals surface area contributed by atoms with Crippen LogP contribution in [0.5, 0.6) is 5.75 Å². The molecule has 0 radical (unpaired) electrons. The minimum absolute atomic E-state index is 0.0461. The molecular formula is C24H38N6O6. The number of hydrogen-bond acceptors (Lipinski definition) is 7. The van der Waals surface area contributed by atoms with Crippen LogP contribution in [0, 0.1) is 0 Å². The lowest BCUT2D eigenvalue weighted by Crippen LogP contribution is -2.47. The predicted molar refractivity (Wildman–Crippen MR) is 137 cm³/mol. The third-order valence-corrected chi connectivity index (χ3v) is 4.36. The number of nitrogens with zero attached hydrogens (tertiary/aromatic N) is 1. The normalized spacial score (nSPS) is 12.0. The summed E-state index contributed by atoms with van der Waals surface area (Å²) in [6.45, 7) is 6.58. The van der Waals surface area contributed by atoms with Crippen molar-refractivity contribution in [2.75, 3.05) is 32.8 Å². The van der Waals surface area contributed by atoms with Crippen LogP contribution in [0.1, 0.15) is 39.2 Å². The van der Waals surface area contributed by atoms with Crippen molar-refractivity contribution in [3.63, 3.8) is 0 Å². The van der Waals surface area contributed by atoms with Gasteiger partial charge in [-0.3, -0.25) is 14.6 Å². The Balaban J connectivity index is 2.46. The molecule has 0 saturated carbocycles. The Morgan fingerprint density at radius 2 is 1.72 bits per heavy atom. The van der Waals surface area contributed by atoms with E-state index < -0.39 is 23.6 Å².